The summed E-state index contributed by atoms with van der Waals surface area (Å²) in [6.45, 7) is 3.46. The molecule has 1 rings (SSSR count). The van der Waals surface area contributed by atoms with Crippen LogP contribution in [0.5, 0.6) is 0 Å². The summed E-state index contributed by atoms with van der Waals surface area (Å²) in [5, 5.41) is 10.5. The lowest BCUT2D eigenvalue weighted by Crippen LogP contribution is -2.15. The molecular weight excluding hydrogens is 190 g/mol. The Morgan fingerprint density at radius 1 is 1.75 bits per heavy atom. The smallest absolute Gasteiger partial charge is 0.158 e. The fraction of sp³-hybridized carbons (Fsp3) is 0.375. The molecule has 0 bridgehead atoms. The van der Waals surface area contributed by atoms with E-state index in [4.69, 9.17) is 6.42 Å². The van der Waals surface area contributed by atoms with Gasteiger partial charge in [-0.3, -0.25) is 0 Å². The van der Waals surface area contributed by atoms with Crippen molar-refractivity contribution in [2.24, 2.45) is 0 Å². The van der Waals surface area contributed by atoms with Gasteiger partial charge in [0.15, 0.2) is 5.60 Å². The molecule has 1 aromatic heterocycles. The van der Waals surface area contributed by atoms with Crippen LogP contribution in [0.4, 0.5) is 0 Å². The number of aliphatic hydroxyl groups is 1. The van der Waals surface area contributed by atoms with E-state index in [9.17, 15) is 5.11 Å². The Morgan fingerprint density at radius 2 is 2.33 bits per heavy atom. The van der Waals surface area contributed by atoms with Gasteiger partial charge in [0, 0.05) is 6.20 Å². The predicted octanol–water partition coefficient (Wildman–Crippen LogP) is 1.41. The molecule has 0 aromatic carbocycles. The summed E-state index contributed by atoms with van der Waals surface area (Å²) in [4.78, 5) is 4.71. The second kappa shape index (κ2) is 3.94. The van der Waals surface area contributed by atoms with Crippen LogP contribution in [0.1, 0.15) is 16.8 Å². The number of aromatic nitrogens is 1. The molecule has 1 heterocycles. The van der Waals surface area contributed by atoms with Crippen LogP contribution in [0.3, 0.4) is 0 Å². The van der Waals surface area contributed by atoms with E-state index in [1.807, 2.05) is 6.92 Å². The van der Waals surface area contributed by atoms with Gasteiger partial charge in [0.2, 0.25) is 0 Å². The number of terminal acetylenes is 1. The first-order valence-electron chi connectivity index (χ1n) is 3.19. The van der Waals surface area contributed by atoms with Crippen LogP contribution in [0.15, 0.2) is 6.20 Å². The van der Waals surface area contributed by atoms with Crippen LogP contribution in [0.2, 0.25) is 0 Å². The lowest BCUT2D eigenvalue weighted by Gasteiger charge is -2.11. The molecule has 0 saturated carbocycles. The third kappa shape index (κ3) is 2.24. The van der Waals surface area contributed by atoms with Gasteiger partial charge in [-0.1, -0.05) is 5.92 Å². The maximum absolute atomic E-state index is 9.54. The average Bonchev–Trinajstić information content (AvgIpc) is 2.36. The third-order valence-corrected chi connectivity index (χ3v) is 2.51. The standard InChI is InChI=1S/C8H9NOS.H2S/c1-4-8(3,10)7-5-9-6(2)11-7;/h1,5,10H,2-3H3;1H2/t8-;/m0./s1. The van der Waals surface area contributed by atoms with Crippen LogP contribution < -0.4 is 0 Å². The monoisotopic (exact) mass is 201 g/mol. The van der Waals surface area contributed by atoms with E-state index in [2.05, 4.69) is 10.9 Å². The zero-order valence-corrected chi connectivity index (χ0v) is 8.77. The molecule has 4 heteroatoms. The maximum Gasteiger partial charge on any atom is 0.158 e. The molecule has 0 unspecified atom stereocenters. The Kier molecular flexibility index (Phi) is 3.78. The van der Waals surface area contributed by atoms with Gasteiger partial charge in [0.25, 0.3) is 0 Å². The van der Waals surface area contributed by atoms with Crippen LogP contribution in [-0.2, 0) is 5.60 Å². The first-order chi connectivity index (χ1) is 5.06. The van der Waals surface area contributed by atoms with Gasteiger partial charge < -0.3 is 5.11 Å². The Labute approximate surface area is 83.1 Å². The summed E-state index contributed by atoms with van der Waals surface area (Å²) >= 11 is 1.42. The van der Waals surface area contributed by atoms with E-state index in [1.165, 1.54) is 11.3 Å². The van der Waals surface area contributed by atoms with Gasteiger partial charge in [0.1, 0.15) is 0 Å². The SMILES string of the molecule is C#C[C@](C)(O)c1cnc(C)s1.S. The molecule has 0 radical (unpaired) electrons. The van der Waals surface area contributed by atoms with E-state index < -0.39 is 5.60 Å². The molecule has 12 heavy (non-hydrogen) atoms. The number of hydrogen-bond donors (Lipinski definition) is 1. The van der Waals surface area contributed by atoms with Crippen LogP contribution in [-0.4, -0.2) is 10.1 Å². The van der Waals surface area contributed by atoms with Crippen molar-refractivity contribution in [2.45, 2.75) is 19.4 Å². The molecule has 0 saturated heterocycles. The normalized spacial score (nSPS) is 14.2. The number of aryl methyl sites for hydroxylation is 1. The Balaban J connectivity index is 0.00000121. The fourth-order valence-electron chi connectivity index (χ4n) is 0.658. The van der Waals surface area contributed by atoms with E-state index in [-0.39, 0.29) is 13.5 Å². The number of rotatable bonds is 1. The minimum atomic E-state index is -1.16. The summed E-state index contributed by atoms with van der Waals surface area (Å²) in [5.41, 5.74) is -1.16. The van der Waals surface area contributed by atoms with Crippen LogP contribution >= 0.6 is 24.8 Å². The molecule has 1 aromatic rings. The quantitative estimate of drug-likeness (QED) is 0.697. The van der Waals surface area contributed by atoms with Crippen molar-refractivity contribution in [3.63, 3.8) is 0 Å². The van der Waals surface area contributed by atoms with Crippen molar-refractivity contribution in [3.05, 3.63) is 16.1 Å². The molecule has 0 aliphatic rings. The summed E-state index contributed by atoms with van der Waals surface area (Å²) in [5.74, 6) is 2.30. The second-order valence-electron chi connectivity index (χ2n) is 2.46. The molecule has 0 aliphatic carbocycles. The zero-order valence-electron chi connectivity index (χ0n) is 6.96. The molecule has 0 aliphatic heterocycles. The molecule has 1 N–H and O–H groups in total. The maximum atomic E-state index is 9.54. The minimum Gasteiger partial charge on any atom is -0.373 e. The molecule has 66 valence electrons. The second-order valence-corrected chi connectivity index (χ2v) is 3.69. The van der Waals surface area contributed by atoms with Gasteiger partial charge in [-0.2, -0.15) is 13.5 Å². The lowest BCUT2D eigenvalue weighted by molar-refractivity contribution is 0.126. The summed E-state index contributed by atoms with van der Waals surface area (Å²) in [7, 11) is 0. The Hall–Kier alpha value is -0.500. The van der Waals surface area contributed by atoms with Gasteiger partial charge in [-0.15, -0.1) is 17.8 Å². The van der Waals surface area contributed by atoms with Crippen molar-refractivity contribution in [2.75, 3.05) is 0 Å². The largest absolute Gasteiger partial charge is 0.373 e. The lowest BCUT2D eigenvalue weighted by atomic mass is 10.1. The highest BCUT2D eigenvalue weighted by molar-refractivity contribution is 7.59. The Morgan fingerprint density at radius 3 is 2.67 bits per heavy atom. The molecule has 0 amide bonds. The Bertz CT molecular complexity index is 298. The van der Waals surface area contributed by atoms with E-state index in [1.54, 1.807) is 13.1 Å². The third-order valence-electron chi connectivity index (χ3n) is 1.38. The number of hydrogen-bond acceptors (Lipinski definition) is 3. The van der Waals surface area contributed by atoms with Crippen molar-refractivity contribution in [1.29, 1.82) is 0 Å². The number of thiazole rings is 1. The molecule has 1 atom stereocenters. The van der Waals surface area contributed by atoms with Crippen LogP contribution in [0, 0.1) is 19.3 Å². The number of nitrogens with zero attached hydrogens (tertiary/aromatic N) is 1. The zero-order chi connectivity index (χ0) is 8.48. The fourth-order valence-corrected chi connectivity index (χ4v) is 1.44. The van der Waals surface area contributed by atoms with Crippen molar-refractivity contribution in [1.82, 2.24) is 4.98 Å². The van der Waals surface area contributed by atoms with Crippen molar-refractivity contribution >= 4 is 24.8 Å². The van der Waals surface area contributed by atoms with E-state index in [0.717, 1.165) is 9.88 Å². The van der Waals surface area contributed by atoms with E-state index in [0.29, 0.717) is 0 Å². The summed E-state index contributed by atoms with van der Waals surface area (Å²) in [6, 6.07) is 0. The highest BCUT2D eigenvalue weighted by atomic mass is 32.1. The summed E-state index contributed by atoms with van der Waals surface area (Å²) in [6.07, 6.45) is 6.74. The van der Waals surface area contributed by atoms with Gasteiger partial charge in [0.05, 0.1) is 9.88 Å². The first kappa shape index (κ1) is 11.5. The predicted molar refractivity (Wildman–Crippen MR) is 55.6 cm³/mol. The topological polar surface area (TPSA) is 33.1 Å². The minimum absolute atomic E-state index is 0. The highest BCUT2D eigenvalue weighted by Crippen LogP contribution is 2.24. The van der Waals surface area contributed by atoms with Crippen molar-refractivity contribution < 1.29 is 5.11 Å². The van der Waals surface area contributed by atoms with Gasteiger partial charge >= 0.3 is 0 Å². The molecule has 0 spiro atoms. The van der Waals surface area contributed by atoms with Crippen molar-refractivity contribution in [3.8, 4) is 12.3 Å². The first-order valence-corrected chi connectivity index (χ1v) is 4.01. The van der Waals surface area contributed by atoms with Gasteiger partial charge in [-0.05, 0) is 13.8 Å². The van der Waals surface area contributed by atoms with Crippen LogP contribution in [0.25, 0.3) is 0 Å². The highest BCUT2D eigenvalue weighted by Gasteiger charge is 2.21. The summed E-state index contributed by atoms with van der Waals surface area (Å²) < 4.78 is 0. The van der Waals surface area contributed by atoms with E-state index >= 15 is 0 Å². The van der Waals surface area contributed by atoms with Gasteiger partial charge in [-0.25, -0.2) is 4.98 Å². The average molecular weight is 201 g/mol. The molecule has 2 nitrogen and oxygen atoms in total. The molecule has 0 fully saturated rings. The molecular formula is C8H11NOS2.